The van der Waals surface area contributed by atoms with Crippen LogP contribution in [0.2, 0.25) is 0 Å². The fourth-order valence-electron chi connectivity index (χ4n) is 1.28. The Morgan fingerprint density at radius 3 is 2.81 bits per heavy atom. The summed E-state index contributed by atoms with van der Waals surface area (Å²) in [6.45, 7) is 0.215. The summed E-state index contributed by atoms with van der Waals surface area (Å²) >= 11 is 1.69. The number of amides is 1. The van der Waals surface area contributed by atoms with Gasteiger partial charge in [0.25, 0.3) is 0 Å². The molecule has 0 aliphatic heterocycles. The molecule has 0 fully saturated rings. The number of rotatable bonds is 7. The van der Waals surface area contributed by atoms with Crippen molar-refractivity contribution in [3.05, 3.63) is 22.4 Å². The molecule has 0 aliphatic carbocycles. The van der Waals surface area contributed by atoms with E-state index in [1.807, 2.05) is 17.5 Å². The summed E-state index contributed by atoms with van der Waals surface area (Å²) in [6, 6.07) is 4.04. The second kappa shape index (κ2) is 7.00. The molecule has 88 valence electrons. The minimum atomic E-state index is -0.890. The molecule has 0 saturated carbocycles. The molecule has 0 saturated heterocycles. The monoisotopic (exact) mass is 241 g/mol. The summed E-state index contributed by atoms with van der Waals surface area (Å²) in [5.41, 5.74) is 0. The van der Waals surface area contributed by atoms with Crippen LogP contribution in [0.1, 0.15) is 24.1 Å². The van der Waals surface area contributed by atoms with Crippen LogP contribution in [0, 0.1) is 0 Å². The molecule has 0 radical (unpaired) electrons. The minimum absolute atomic E-state index is 0.0172. The summed E-state index contributed by atoms with van der Waals surface area (Å²) in [5.74, 6) is -0.961. The zero-order chi connectivity index (χ0) is 11.8. The molecule has 1 amide bonds. The standard InChI is InChI=1S/C11H15NO3S/c13-10(12-7-6-11(14)15)5-1-3-9-4-2-8-16-9/h2,4,8H,1,3,5-7H2,(H,12,13)(H,14,15). The molecule has 0 spiro atoms. The molecule has 0 bridgehead atoms. The third kappa shape index (κ3) is 5.50. The lowest BCUT2D eigenvalue weighted by Crippen LogP contribution is -2.25. The Balaban J connectivity index is 2.04. The fraction of sp³-hybridized carbons (Fsp3) is 0.455. The maximum atomic E-state index is 11.3. The second-order valence-electron chi connectivity index (χ2n) is 3.43. The predicted molar refractivity (Wildman–Crippen MR) is 62.5 cm³/mol. The molecular weight excluding hydrogens is 226 g/mol. The lowest BCUT2D eigenvalue weighted by molar-refractivity contribution is -0.136. The Bertz CT molecular complexity index is 335. The van der Waals surface area contributed by atoms with Gasteiger partial charge in [-0.15, -0.1) is 11.3 Å². The van der Waals surface area contributed by atoms with Gasteiger partial charge in [0, 0.05) is 17.8 Å². The number of hydrogen-bond donors (Lipinski definition) is 2. The van der Waals surface area contributed by atoms with Gasteiger partial charge in [-0.2, -0.15) is 0 Å². The topological polar surface area (TPSA) is 66.4 Å². The van der Waals surface area contributed by atoms with E-state index in [1.165, 1.54) is 4.88 Å². The molecule has 5 heteroatoms. The highest BCUT2D eigenvalue weighted by Crippen LogP contribution is 2.11. The number of carbonyl (C=O) groups excluding carboxylic acids is 1. The van der Waals surface area contributed by atoms with Crippen molar-refractivity contribution >= 4 is 23.2 Å². The second-order valence-corrected chi connectivity index (χ2v) is 4.46. The molecule has 4 nitrogen and oxygen atoms in total. The van der Waals surface area contributed by atoms with E-state index in [4.69, 9.17) is 5.11 Å². The number of carboxylic acids is 1. The summed E-state index contributed by atoms with van der Waals surface area (Å²) in [7, 11) is 0. The van der Waals surface area contributed by atoms with Crippen LogP contribution in [0.15, 0.2) is 17.5 Å². The first-order chi connectivity index (χ1) is 7.68. The van der Waals surface area contributed by atoms with Crippen LogP contribution in [0.3, 0.4) is 0 Å². The van der Waals surface area contributed by atoms with E-state index in [9.17, 15) is 9.59 Å². The molecule has 0 aliphatic rings. The summed E-state index contributed by atoms with van der Waals surface area (Å²) in [5, 5.41) is 13.0. The molecule has 1 rings (SSSR count). The number of nitrogens with one attached hydrogen (secondary N) is 1. The van der Waals surface area contributed by atoms with Gasteiger partial charge in [-0.1, -0.05) is 6.07 Å². The maximum absolute atomic E-state index is 11.3. The third-order valence-electron chi connectivity index (χ3n) is 2.07. The largest absolute Gasteiger partial charge is 0.481 e. The van der Waals surface area contributed by atoms with Crippen LogP contribution >= 0.6 is 11.3 Å². The Morgan fingerprint density at radius 2 is 2.19 bits per heavy atom. The average Bonchev–Trinajstić information content (AvgIpc) is 2.70. The van der Waals surface area contributed by atoms with Gasteiger partial charge in [-0.3, -0.25) is 9.59 Å². The molecule has 0 atom stereocenters. The highest BCUT2D eigenvalue weighted by molar-refractivity contribution is 7.09. The van der Waals surface area contributed by atoms with E-state index in [0.717, 1.165) is 12.8 Å². The average molecular weight is 241 g/mol. The molecule has 0 aromatic carbocycles. The molecule has 1 heterocycles. The summed E-state index contributed by atoms with van der Waals surface area (Å²) < 4.78 is 0. The maximum Gasteiger partial charge on any atom is 0.305 e. The van der Waals surface area contributed by atoms with Gasteiger partial charge in [-0.25, -0.2) is 0 Å². The van der Waals surface area contributed by atoms with Crippen molar-refractivity contribution in [1.29, 1.82) is 0 Å². The normalized spacial score (nSPS) is 10.0. The van der Waals surface area contributed by atoms with Crippen LogP contribution in [0.5, 0.6) is 0 Å². The van der Waals surface area contributed by atoms with Gasteiger partial charge in [0.15, 0.2) is 0 Å². The van der Waals surface area contributed by atoms with E-state index >= 15 is 0 Å². The first-order valence-corrected chi connectivity index (χ1v) is 6.07. The van der Waals surface area contributed by atoms with Crippen LogP contribution in [0.4, 0.5) is 0 Å². The minimum Gasteiger partial charge on any atom is -0.481 e. The van der Waals surface area contributed by atoms with E-state index in [1.54, 1.807) is 11.3 Å². The SMILES string of the molecule is O=C(O)CCNC(=O)CCCc1cccs1. The lowest BCUT2D eigenvalue weighted by Gasteiger charge is -2.02. The predicted octanol–water partition coefficient (Wildman–Crippen LogP) is 1.66. The number of hydrogen-bond acceptors (Lipinski definition) is 3. The summed E-state index contributed by atoms with van der Waals surface area (Å²) in [4.78, 5) is 22.7. The lowest BCUT2D eigenvalue weighted by atomic mass is 10.2. The van der Waals surface area contributed by atoms with Crippen molar-refractivity contribution in [3.63, 3.8) is 0 Å². The van der Waals surface area contributed by atoms with Crippen molar-refractivity contribution in [2.24, 2.45) is 0 Å². The van der Waals surface area contributed by atoms with Crippen molar-refractivity contribution in [2.75, 3.05) is 6.54 Å². The quantitative estimate of drug-likeness (QED) is 0.763. The van der Waals surface area contributed by atoms with Gasteiger partial charge < -0.3 is 10.4 Å². The molecule has 0 unspecified atom stereocenters. The van der Waals surface area contributed by atoms with Crippen molar-refractivity contribution in [2.45, 2.75) is 25.7 Å². The number of thiophene rings is 1. The van der Waals surface area contributed by atoms with Gasteiger partial charge >= 0.3 is 5.97 Å². The Labute approximate surface area is 98.3 Å². The molecule has 16 heavy (non-hydrogen) atoms. The van der Waals surface area contributed by atoms with Crippen molar-refractivity contribution < 1.29 is 14.7 Å². The van der Waals surface area contributed by atoms with Gasteiger partial charge in [0.05, 0.1) is 6.42 Å². The van der Waals surface area contributed by atoms with Crippen molar-refractivity contribution in [3.8, 4) is 0 Å². The molecular formula is C11H15NO3S. The third-order valence-corrected chi connectivity index (χ3v) is 3.00. The van der Waals surface area contributed by atoms with Crippen LogP contribution < -0.4 is 5.32 Å². The Hall–Kier alpha value is -1.36. The van der Waals surface area contributed by atoms with Crippen molar-refractivity contribution in [1.82, 2.24) is 5.32 Å². The van der Waals surface area contributed by atoms with Gasteiger partial charge in [0.1, 0.15) is 0 Å². The van der Waals surface area contributed by atoms with E-state index in [0.29, 0.717) is 6.42 Å². The highest BCUT2D eigenvalue weighted by Gasteiger charge is 2.03. The zero-order valence-corrected chi connectivity index (χ0v) is 9.76. The molecule has 1 aromatic rings. The number of carbonyl (C=O) groups is 2. The van der Waals surface area contributed by atoms with E-state index < -0.39 is 5.97 Å². The smallest absolute Gasteiger partial charge is 0.305 e. The summed E-state index contributed by atoms with van der Waals surface area (Å²) in [6.07, 6.45) is 2.15. The first kappa shape index (κ1) is 12.7. The van der Waals surface area contributed by atoms with Gasteiger partial charge in [0.2, 0.25) is 5.91 Å². The zero-order valence-electron chi connectivity index (χ0n) is 8.94. The molecule has 1 aromatic heterocycles. The Kier molecular flexibility index (Phi) is 5.56. The number of aliphatic carboxylic acids is 1. The highest BCUT2D eigenvalue weighted by atomic mass is 32.1. The van der Waals surface area contributed by atoms with Crippen LogP contribution in [-0.2, 0) is 16.0 Å². The van der Waals surface area contributed by atoms with Gasteiger partial charge in [-0.05, 0) is 24.3 Å². The number of carboxylic acid groups (broad SMARTS) is 1. The van der Waals surface area contributed by atoms with Crippen LogP contribution in [0.25, 0.3) is 0 Å². The first-order valence-electron chi connectivity index (χ1n) is 5.19. The molecule has 2 N–H and O–H groups in total. The van der Waals surface area contributed by atoms with Crippen LogP contribution in [-0.4, -0.2) is 23.5 Å². The fourth-order valence-corrected chi connectivity index (χ4v) is 2.03. The Morgan fingerprint density at radius 1 is 1.38 bits per heavy atom. The number of aryl methyl sites for hydroxylation is 1. The van der Waals surface area contributed by atoms with E-state index in [2.05, 4.69) is 5.32 Å². The van der Waals surface area contributed by atoms with E-state index in [-0.39, 0.29) is 18.9 Å².